The highest BCUT2D eigenvalue weighted by atomic mass is 16.5. The van der Waals surface area contributed by atoms with E-state index in [9.17, 15) is 0 Å². The minimum Gasteiger partial charge on any atom is -0.476 e. The SMILES string of the molecule is c1cnc(N2CCC(COc3cnccn3)CC2)nc1. The number of aromatic nitrogens is 4. The standard InChI is InChI=1S/C14H17N5O/c1-4-17-14(18-5-1)19-8-2-12(3-9-19)11-20-13-10-15-6-7-16-13/h1,4-7,10,12H,2-3,8-9,11H2. The number of piperidine rings is 1. The molecule has 0 amide bonds. The van der Waals surface area contributed by atoms with Crippen LogP contribution < -0.4 is 9.64 Å². The van der Waals surface area contributed by atoms with Gasteiger partial charge < -0.3 is 9.64 Å². The molecule has 2 aromatic heterocycles. The van der Waals surface area contributed by atoms with E-state index in [0.717, 1.165) is 31.9 Å². The van der Waals surface area contributed by atoms with Gasteiger partial charge in [-0.3, -0.25) is 4.98 Å². The highest BCUT2D eigenvalue weighted by Crippen LogP contribution is 2.20. The van der Waals surface area contributed by atoms with Gasteiger partial charge in [-0.15, -0.1) is 0 Å². The molecule has 0 spiro atoms. The minimum absolute atomic E-state index is 0.553. The van der Waals surface area contributed by atoms with Crippen LogP contribution in [0.25, 0.3) is 0 Å². The maximum Gasteiger partial charge on any atom is 0.232 e. The normalized spacial score (nSPS) is 16.1. The lowest BCUT2D eigenvalue weighted by Gasteiger charge is -2.31. The molecule has 0 N–H and O–H groups in total. The quantitative estimate of drug-likeness (QED) is 0.841. The Hall–Kier alpha value is -2.24. The van der Waals surface area contributed by atoms with Crippen molar-refractivity contribution in [2.75, 3.05) is 24.6 Å². The van der Waals surface area contributed by atoms with Gasteiger partial charge in [0.05, 0.1) is 12.8 Å². The maximum absolute atomic E-state index is 5.66. The molecule has 6 heteroatoms. The molecule has 0 saturated carbocycles. The molecule has 1 aliphatic heterocycles. The number of nitrogens with zero attached hydrogens (tertiary/aromatic N) is 5. The van der Waals surface area contributed by atoms with Gasteiger partial charge in [0.2, 0.25) is 11.8 Å². The molecule has 0 bridgehead atoms. The third-order valence-electron chi connectivity index (χ3n) is 3.46. The van der Waals surface area contributed by atoms with E-state index in [4.69, 9.17) is 4.74 Å². The molecule has 3 heterocycles. The molecule has 20 heavy (non-hydrogen) atoms. The average Bonchev–Trinajstić information content (AvgIpc) is 2.55. The van der Waals surface area contributed by atoms with Gasteiger partial charge in [-0.2, -0.15) is 0 Å². The Morgan fingerprint density at radius 3 is 2.55 bits per heavy atom. The van der Waals surface area contributed by atoms with Crippen LogP contribution in [0.5, 0.6) is 5.88 Å². The first-order chi connectivity index (χ1) is 9.92. The third-order valence-corrected chi connectivity index (χ3v) is 3.46. The summed E-state index contributed by atoms with van der Waals surface area (Å²) in [5.41, 5.74) is 0. The van der Waals surface area contributed by atoms with Gasteiger partial charge in [0.25, 0.3) is 0 Å². The molecular weight excluding hydrogens is 254 g/mol. The molecule has 3 rings (SSSR count). The molecule has 0 atom stereocenters. The zero-order chi connectivity index (χ0) is 13.6. The summed E-state index contributed by atoms with van der Waals surface area (Å²) in [6.45, 7) is 2.64. The van der Waals surface area contributed by atoms with Gasteiger partial charge in [0.1, 0.15) is 0 Å². The summed E-state index contributed by atoms with van der Waals surface area (Å²) >= 11 is 0. The Balaban J connectivity index is 1.47. The van der Waals surface area contributed by atoms with Crippen molar-refractivity contribution in [3.63, 3.8) is 0 Å². The Morgan fingerprint density at radius 1 is 1.05 bits per heavy atom. The van der Waals surface area contributed by atoms with Crippen molar-refractivity contribution in [3.8, 4) is 5.88 Å². The Labute approximate surface area is 117 Å². The largest absolute Gasteiger partial charge is 0.476 e. The molecule has 6 nitrogen and oxygen atoms in total. The number of rotatable bonds is 4. The van der Waals surface area contributed by atoms with Crippen LogP contribution in [0.15, 0.2) is 37.1 Å². The monoisotopic (exact) mass is 271 g/mol. The van der Waals surface area contributed by atoms with Crippen LogP contribution in [0, 0.1) is 5.92 Å². The van der Waals surface area contributed by atoms with Crippen LogP contribution in [0.3, 0.4) is 0 Å². The van der Waals surface area contributed by atoms with Crippen molar-refractivity contribution in [1.82, 2.24) is 19.9 Å². The fraction of sp³-hybridized carbons (Fsp3) is 0.429. The van der Waals surface area contributed by atoms with Crippen LogP contribution >= 0.6 is 0 Å². The highest BCUT2D eigenvalue weighted by molar-refractivity contribution is 5.28. The van der Waals surface area contributed by atoms with Gasteiger partial charge in [0.15, 0.2) is 0 Å². The predicted molar refractivity (Wildman–Crippen MR) is 74.5 cm³/mol. The Kier molecular flexibility index (Phi) is 4.01. The summed E-state index contributed by atoms with van der Waals surface area (Å²) in [5, 5.41) is 0. The number of anilines is 1. The van der Waals surface area contributed by atoms with E-state index in [1.165, 1.54) is 0 Å². The summed E-state index contributed by atoms with van der Waals surface area (Å²) in [6, 6.07) is 1.84. The van der Waals surface area contributed by atoms with Crippen LogP contribution in [0.2, 0.25) is 0 Å². The summed E-state index contributed by atoms with van der Waals surface area (Å²) in [4.78, 5) is 18.9. The van der Waals surface area contributed by atoms with E-state index >= 15 is 0 Å². The third kappa shape index (κ3) is 3.20. The topological polar surface area (TPSA) is 64.0 Å². The first kappa shape index (κ1) is 12.8. The smallest absolute Gasteiger partial charge is 0.232 e. The van der Waals surface area contributed by atoms with Crippen molar-refractivity contribution in [3.05, 3.63) is 37.1 Å². The van der Waals surface area contributed by atoms with Crippen LogP contribution in [-0.4, -0.2) is 39.6 Å². The summed E-state index contributed by atoms with van der Waals surface area (Å²) < 4.78 is 5.66. The fourth-order valence-electron chi connectivity index (χ4n) is 2.32. The number of hydrogen-bond acceptors (Lipinski definition) is 6. The lowest BCUT2D eigenvalue weighted by atomic mass is 9.98. The Morgan fingerprint density at radius 2 is 1.85 bits per heavy atom. The molecule has 0 aromatic carbocycles. The molecule has 104 valence electrons. The highest BCUT2D eigenvalue weighted by Gasteiger charge is 2.21. The lowest BCUT2D eigenvalue weighted by Crippen LogP contribution is -2.36. The van der Waals surface area contributed by atoms with Crippen molar-refractivity contribution in [1.29, 1.82) is 0 Å². The zero-order valence-electron chi connectivity index (χ0n) is 11.2. The predicted octanol–water partition coefficient (Wildman–Crippen LogP) is 1.56. The second kappa shape index (κ2) is 6.27. The van der Waals surface area contributed by atoms with E-state index in [0.29, 0.717) is 18.4 Å². The van der Waals surface area contributed by atoms with E-state index in [1.807, 2.05) is 6.07 Å². The fourth-order valence-corrected chi connectivity index (χ4v) is 2.32. The van der Waals surface area contributed by atoms with Crippen LogP contribution in [0.4, 0.5) is 5.95 Å². The van der Waals surface area contributed by atoms with Crippen molar-refractivity contribution in [2.45, 2.75) is 12.8 Å². The van der Waals surface area contributed by atoms with Gasteiger partial charge in [-0.25, -0.2) is 15.0 Å². The average molecular weight is 271 g/mol. The van der Waals surface area contributed by atoms with E-state index in [1.54, 1.807) is 31.0 Å². The van der Waals surface area contributed by atoms with Gasteiger partial charge in [-0.05, 0) is 24.8 Å². The summed E-state index contributed by atoms with van der Waals surface area (Å²) in [6.07, 6.45) is 10.7. The molecule has 1 aliphatic rings. The first-order valence-electron chi connectivity index (χ1n) is 6.82. The van der Waals surface area contributed by atoms with Crippen molar-refractivity contribution >= 4 is 5.95 Å². The minimum atomic E-state index is 0.553. The zero-order valence-corrected chi connectivity index (χ0v) is 11.2. The van der Waals surface area contributed by atoms with E-state index in [-0.39, 0.29) is 0 Å². The molecule has 0 unspecified atom stereocenters. The van der Waals surface area contributed by atoms with Gasteiger partial charge in [-0.1, -0.05) is 0 Å². The van der Waals surface area contributed by atoms with E-state index in [2.05, 4.69) is 24.8 Å². The number of hydrogen-bond donors (Lipinski definition) is 0. The molecule has 0 radical (unpaired) electrons. The van der Waals surface area contributed by atoms with Gasteiger partial charge >= 0.3 is 0 Å². The van der Waals surface area contributed by atoms with Crippen molar-refractivity contribution in [2.24, 2.45) is 5.92 Å². The van der Waals surface area contributed by atoms with Crippen molar-refractivity contribution < 1.29 is 4.74 Å². The van der Waals surface area contributed by atoms with Gasteiger partial charge in [0, 0.05) is 37.9 Å². The molecular formula is C14H17N5O. The van der Waals surface area contributed by atoms with Crippen LogP contribution in [-0.2, 0) is 0 Å². The number of ether oxygens (including phenoxy) is 1. The first-order valence-corrected chi connectivity index (χ1v) is 6.82. The lowest BCUT2D eigenvalue weighted by molar-refractivity contribution is 0.215. The summed E-state index contributed by atoms with van der Waals surface area (Å²) in [7, 11) is 0. The Bertz CT molecular complexity index is 514. The molecule has 1 saturated heterocycles. The van der Waals surface area contributed by atoms with E-state index < -0.39 is 0 Å². The van der Waals surface area contributed by atoms with Crippen LogP contribution in [0.1, 0.15) is 12.8 Å². The second-order valence-electron chi connectivity index (χ2n) is 4.83. The summed E-state index contributed by atoms with van der Waals surface area (Å²) in [5.74, 6) is 1.97. The molecule has 2 aromatic rings. The molecule has 1 fully saturated rings. The molecule has 0 aliphatic carbocycles. The second-order valence-corrected chi connectivity index (χ2v) is 4.83. The maximum atomic E-state index is 5.66.